The van der Waals surface area contributed by atoms with Crippen LogP contribution in [-0.2, 0) is 11.8 Å². The molecule has 2 unspecified atom stereocenters. The molecule has 0 radical (unpaired) electrons. The smallest absolute Gasteiger partial charge is 0.161 e. The van der Waals surface area contributed by atoms with Gasteiger partial charge in [0.05, 0.1) is 31.1 Å². The summed E-state index contributed by atoms with van der Waals surface area (Å²) in [6, 6.07) is 0.00931. The van der Waals surface area contributed by atoms with E-state index in [2.05, 4.69) is 10.5 Å². The molecule has 0 saturated heterocycles. The molecule has 6 nitrogen and oxygen atoms in total. The normalized spacial score (nSPS) is 14.6. The maximum Gasteiger partial charge on any atom is 0.161 e. The Morgan fingerprint density at radius 2 is 2.18 bits per heavy atom. The number of ether oxygens (including phenoxy) is 2. The Hall–Kier alpha value is -1.11. The highest BCUT2D eigenvalue weighted by Crippen LogP contribution is 2.27. The van der Waals surface area contributed by atoms with Gasteiger partial charge in [0.2, 0.25) is 0 Å². The van der Waals surface area contributed by atoms with Crippen LogP contribution in [0.1, 0.15) is 31.5 Å². The topological polar surface area (TPSA) is 74.3 Å². The molecule has 0 spiro atoms. The highest BCUT2D eigenvalue weighted by molar-refractivity contribution is 5.28. The molecule has 0 saturated carbocycles. The van der Waals surface area contributed by atoms with Crippen molar-refractivity contribution < 1.29 is 9.47 Å². The molecule has 1 heterocycles. The molecule has 0 aliphatic carbocycles. The van der Waals surface area contributed by atoms with Crippen LogP contribution in [0.2, 0.25) is 0 Å². The minimum Gasteiger partial charge on any atom is -0.493 e. The number of hydrazine groups is 1. The number of methoxy groups -OCH3 is 2. The Balaban J connectivity index is 2.75. The zero-order valence-electron chi connectivity index (χ0n) is 10.9. The average molecular weight is 242 g/mol. The van der Waals surface area contributed by atoms with Crippen LogP contribution in [0.25, 0.3) is 0 Å². The zero-order chi connectivity index (χ0) is 12.8. The molecule has 0 aliphatic heterocycles. The Bertz CT molecular complexity index is 340. The van der Waals surface area contributed by atoms with E-state index >= 15 is 0 Å². The second-order valence-corrected chi connectivity index (χ2v) is 4.06. The number of nitrogens with zero attached hydrogens (tertiary/aromatic N) is 2. The van der Waals surface area contributed by atoms with E-state index in [0.29, 0.717) is 0 Å². The van der Waals surface area contributed by atoms with Crippen molar-refractivity contribution in [3.05, 3.63) is 11.9 Å². The predicted molar refractivity (Wildman–Crippen MR) is 65.5 cm³/mol. The summed E-state index contributed by atoms with van der Waals surface area (Å²) in [5.74, 6) is 6.35. The summed E-state index contributed by atoms with van der Waals surface area (Å²) in [6.07, 6.45) is 3.69. The van der Waals surface area contributed by atoms with Crippen LogP contribution in [0.5, 0.6) is 5.75 Å². The van der Waals surface area contributed by atoms with Crippen molar-refractivity contribution in [2.24, 2.45) is 12.9 Å². The molecule has 0 aromatic carbocycles. The van der Waals surface area contributed by atoms with Crippen LogP contribution in [0, 0.1) is 0 Å². The largest absolute Gasteiger partial charge is 0.493 e. The number of rotatable bonds is 7. The first-order chi connectivity index (χ1) is 8.13. The summed E-state index contributed by atoms with van der Waals surface area (Å²) >= 11 is 0. The first-order valence-corrected chi connectivity index (χ1v) is 5.68. The SMILES string of the molecule is COc1cnn(C)c1C(CCC(C)OC)NN. The Labute approximate surface area is 102 Å². The lowest BCUT2D eigenvalue weighted by molar-refractivity contribution is 0.105. The summed E-state index contributed by atoms with van der Waals surface area (Å²) in [5, 5.41) is 4.17. The molecule has 0 fully saturated rings. The Kier molecular flexibility index (Phi) is 5.40. The van der Waals surface area contributed by atoms with Gasteiger partial charge in [0.1, 0.15) is 0 Å². The molecule has 1 aromatic rings. The van der Waals surface area contributed by atoms with E-state index in [4.69, 9.17) is 15.3 Å². The fourth-order valence-electron chi connectivity index (χ4n) is 1.80. The summed E-state index contributed by atoms with van der Waals surface area (Å²) in [6.45, 7) is 2.04. The number of aryl methyl sites for hydroxylation is 1. The van der Waals surface area contributed by atoms with Crippen molar-refractivity contribution in [3.8, 4) is 5.75 Å². The average Bonchev–Trinajstić information content (AvgIpc) is 2.71. The molecule has 17 heavy (non-hydrogen) atoms. The van der Waals surface area contributed by atoms with Gasteiger partial charge in [-0.1, -0.05) is 0 Å². The van der Waals surface area contributed by atoms with Gasteiger partial charge in [-0.2, -0.15) is 5.10 Å². The number of hydrogen-bond acceptors (Lipinski definition) is 5. The monoisotopic (exact) mass is 242 g/mol. The summed E-state index contributed by atoms with van der Waals surface area (Å²) < 4.78 is 12.3. The maximum absolute atomic E-state index is 5.60. The third kappa shape index (κ3) is 3.42. The van der Waals surface area contributed by atoms with E-state index in [-0.39, 0.29) is 12.1 Å². The molecule has 1 aromatic heterocycles. The fraction of sp³-hybridized carbons (Fsp3) is 0.727. The van der Waals surface area contributed by atoms with Gasteiger partial charge in [-0.25, -0.2) is 0 Å². The van der Waals surface area contributed by atoms with Gasteiger partial charge in [0.25, 0.3) is 0 Å². The fourth-order valence-corrected chi connectivity index (χ4v) is 1.80. The van der Waals surface area contributed by atoms with Crippen LogP contribution >= 0.6 is 0 Å². The molecular weight excluding hydrogens is 220 g/mol. The number of hydrogen-bond donors (Lipinski definition) is 2. The molecule has 2 atom stereocenters. The van der Waals surface area contributed by atoms with Gasteiger partial charge < -0.3 is 9.47 Å². The van der Waals surface area contributed by atoms with Crippen LogP contribution in [0.15, 0.2) is 6.20 Å². The van der Waals surface area contributed by atoms with E-state index in [1.165, 1.54) is 0 Å². The van der Waals surface area contributed by atoms with Gasteiger partial charge in [-0.15, -0.1) is 0 Å². The highest BCUT2D eigenvalue weighted by Gasteiger charge is 2.20. The molecule has 1 rings (SSSR count). The highest BCUT2D eigenvalue weighted by atomic mass is 16.5. The van der Waals surface area contributed by atoms with Gasteiger partial charge in [-0.05, 0) is 19.8 Å². The third-order valence-corrected chi connectivity index (χ3v) is 2.96. The quantitative estimate of drug-likeness (QED) is 0.545. The van der Waals surface area contributed by atoms with Crippen LogP contribution in [0.4, 0.5) is 0 Å². The second-order valence-electron chi connectivity index (χ2n) is 4.06. The van der Waals surface area contributed by atoms with Gasteiger partial charge in [0.15, 0.2) is 5.75 Å². The predicted octanol–water partition coefficient (Wildman–Crippen LogP) is 0.748. The minimum absolute atomic E-state index is 0.00931. The molecule has 0 aliphatic rings. The molecule has 0 amide bonds. The van der Waals surface area contributed by atoms with Crippen molar-refractivity contribution in [1.82, 2.24) is 15.2 Å². The lowest BCUT2D eigenvalue weighted by Crippen LogP contribution is -2.30. The summed E-state index contributed by atoms with van der Waals surface area (Å²) in [4.78, 5) is 0. The van der Waals surface area contributed by atoms with Crippen molar-refractivity contribution in [2.45, 2.75) is 31.9 Å². The third-order valence-electron chi connectivity index (χ3n) is 2.96. The van der Waals surface area contributed by atoms with Crippen molar-refractivity contribution in [2.75, 3.05) is 14.2 Å². The maximum atomic E-state index is 5.60. The number of nitrogens with one attached hydrogen (secondary N) is 1. The van der Waals surface area contributed by atoms with E-state index in [9.17, 15) is 0 Å². The van der Waals surface area contributed by atoms with Crippen molar-refractivity contribution >= 4 is 0 Å². The molecule has 0 bridgehead atoms. The minimum atomic E-state index is 0.00931. The molecular formula is C11H22N4O2. The van der Waals surface area contributed by atoms with Crippen molar-refractivity contribution in [1.29, 1.82) is 0 Å². The van der Waals surface area contributed by atoms with Gasteiger partial charge >= 0.3 is 0 Å². The van der Waals surface area contributed by atoms with Crippen LogP contribution in [-0.4, -0.2) is 30.1 Å². The standard InChI is InChI=1S/C11H22N4O2/c1-8(16-3)5-6-9(14-12)11-10(17-4)7-13-15(11)2/h7-9,14H,5-6,12H2,1-4H3. The van der Waals surface area contributed by atoms with E-state index in [0.717, 1.165) is 24.3 Å². The lowest BCUT2D eigenvalue weighted by atomic mass is 10.1. The molecule has 6 heteroatoms. The van der Waals surface area contributed by atoms with Gasteiger partial charge in [0, 0.05) is 14.2 Å². The number of nitrogens with two attached hydrogens (primary N) is 1. The summed E-state index contributed by atoms with van der Waals surface area (Å²) in [7, 11) is 5.22. The second kappa shape index (κ2) is 6.58. The lowest BCUT2D eigenvalue weighted by Gasteiger charge is -2.19. The van der Waals surface area contributed by atoms with Crippen LogP contribution < -0.4 is 16.0 Å². The number of aromatic nitrogens is 2. The Morgan fingerprint density at radius 1 is 1.47 bits per heavy atom. The molecule has 3 N–H and O–H groups in total. The summed E-state index contributed by atoms with van der Waals surface area (Å²) in [5.41, 5.74) is 3.76. The zero-order valence-corrected chi connectivity index (χ0v) is 10.9. The van der Waals surface area contributed by atoms with Gasteiger partial charge in [-0.3, -0.25) is 16.0 Å². The Morgan fingerprint density at radius 3 is 2.71 bits per heavy atom. The van der Waals surface area contributed by atoms with Crippen LogP contribution in [0.3, 0.4) is 0 Å². The first kappa shape index (κ1) is 14.0. The van der Waals surface area contributed by atoms with E-state index < -0.39 is 0 Å². The first-order valence-electron chi connectivity index (χ1n) is 5.68. The van der Waals surface area contributed by atoms with E-state index in [1.807, 2.05) is 14.0 Å². The van der Waals surface area contributed by atoms with E-state index in [1.54, 1.807) is 25.1 Å². The van der Waals surface area contributed by atoms with Crippen molar-refractivity contribution in [3.63, 3.8) is 0 Å². The molecule has 98 valence electrons.